The summed E-state index contributed by atoms with van der Waals surface area (Å²) in [7, 11) is 0. The van der Waals surface area contributed by atoms with Gasteiger partial charge in [0.1, 0.15) is 0 Å². The summed E-state index contributed by atoms with van der Waals surface area (Å²) in [5, 5.41) is 13.5. The van der Waals surface area contributed by atoms with Crippen LogP contribution in [0, 0.1) is 0 Å². The fourth-order valence-corrected chi connectivity index (χ4v) is 1.97. The van der Waals surface area contributed by atoms with Crippen LogP contribution in [0.4, 0.5) is 0 Å². The Kier molecular flexibility index (Phi) is 2.89. The van der Waals surface area contributed by atoms with Gasteiger partial charge in [0.2, 0.25) is 0 Å². The zero-order valence-electron chi connectivity index (χ0n) is 9.14. The SMILES string of the molecule is CC(C)N[C@@H]1C=Cc2ccccc2[C@H]1O. The molecule has 1 aromatic rings. The van der Waals surface area contributed by atoms with Crippen LogP contribution in [0.3, 0.4) is 0 Å². The summed E-state index contributed by atoms with van der Waals surface area (Å²) in [6, 6.07) is 8.37. The van der Waals surface area contributed by atoms with Gasteiger partial charge in [-0.3, -0.25) is 0 Å². The molecule has 0 radical (unpaired) electrons. The zero-order chi connectivity index (χ0) is 10.8. The van der Waals surface area contributed by atoms with E-state index in [4.69, 9.17) is 0 Å². The van der Waals surface area contributed by atoms with Gasteiger partial charge in [-0.1, -0.05) is 50.3 Å². The Morgan fingerprint density at radius 2 is 2.00 bits per heavy atom. The van der Waals surface area contributed by atoms with Gasteiger partial charge in [-0.05, 0) is 11.1 Å². The van der Waals surface area contributed by atoms with Crippen LogP contribution in [0.5, 0.6) is 0 Å². The molecule has 0 amide bonds. The zero-order valence-corrected chi connectivity index (χ0v) is 9.14. The topological polar surface area (TPSA) is 32.3 Å². The molecular formula is C13H17NO. The van der Waals surface area contributed by atoms with E-state index in [1.165, 1.54) is 0 Å². The Balaban J connectivity index is 2.25. The summed E-state index contributed by atoms with van der Waals surface area (Å²) < 4.78 is 0. The highest BCUT2D eigenvalue weighted by Crippen LogP contribution is 2.27. The fraction of sp³-hybridized carbons (Fsp3) is 0.385. The minimum Gasteiger partial charge on any atom is -0.386 e. The van der Waals surface area contributed by atoms with Crippen LogP contribution in [0.1, 0.15) is 31.1 Å². The van der Waals surface area contributed by atoms with E-state index in [1.807, 2.05) is 30.3 Å². The van der Waals surface area contributed by atoms with Crippen molar-refractivity contribution in [3.05, 3.63) is 41.5 Å². The van der Waals surface area contributed by atoms with E-state index in [0.29, 0.717) is 6.04 Å². The Bertz CT molecular complexity index is 371. The first-order valence-corrected chi connectivity index (χ1v) is 5.39. The number of fused-ring (bicyclic) bond motifs is 1. The molecule has 2 rings (SSSR count). The lowest BCUT2D eigenvalue weighted by Crippen LogP contribution is -2.39. The van der Waals surface area contributed by atoms with Crippen LogP contribution >= 0.6 is 0 Å². The van der Waals surface area contributed by atoms with Crippen molar-refractivity contribution >= 4 is 6.08 Å². The minimum atomic E-state index is -0.436. The van der Waals surface area contributed by atoms with Gasteiger partial charge in [0.05, 0.1) is 12.1 Å². The molecule has 2 nitrogen and oxygen atoms in total. The molecule has 1 aliphatic carbocycles. The predicted octanol–water partition coefficient (Wildman–Crippen LogP) is 2.11. The average Bonchev–Trinajstić information content (AvgIpc) is 2.22. The molecule has 0 aliphatic heterocycles. The molecule has 0 bridgehead atoms. The van der Waals surface area contributed by atoms with Crippen molar-refractivity contribution in [1.29, 1.82) is 0 Å². The van der Waals surface area contributed by atoms with Gasteiger partial charge in [-0.2, -0.15) is 0 Å². The van der Waals surface area contributed by atoms with Crippen molar-refractivity contribution in [2.45, 2.75) is 32.0 Å². The van der Waals surface area contributed by atoms with Gasteiger partial charge in [0.15, 0.2) is 0 Å². The van der Waals surface area contributed by atoms with Crippen LogP contribution in [-0.2, 0) is 0 Å². The lowest BCUT2D eigenvalue weighted by atomic mass is 9.91. The summed E-state index contributed by atoms with van der Waals surface area (Å²) in [5.74, 6) is 0. The van der Waals surface area contributed by atoms with E-state index in [0.717, 1.165) is 11.1 Å². The van der Waals surface area contributed by atoms with E-state index in [9.17, 15) is 5.11 Å². The van der Waals surface area contributed by atoms with Crippen molar-refractivity contribution < 1.29 is 5.11 Å². The lowest BCUT2D eigenvalue weighted by Gasteiger charge is -2.28. The number of benzene rings is 1. The maximum atomic E-state index is 10.2. The van der Waals surface area contributed by atoms with E-state index in [-0.39, 0.29) is 6.04 Å². The maximum Gasteiger partial charge on any atom is 0.0984 e. The normalized spacial score (nSPS) is 24.3. The first kappa shape index (κ1) is 10.4. The number of hydrogen-bond acceptors (Lipinski definition) is 2. The first-order valence-electron chi connectivity index (χ1n) is 5.39. The Morgan fingerprint density at radius 3 is 2.73 bits per heavy atom. The van der Waals surface area contributed by atoms with Crippen LogP contribution in [0.25, 0.3) is 6.08 Å². The molecule has 0 unspecified atom stereocenters. The molecule has 15 heavy (non-hydrogen) atoms. The molecule has 0 heterocycles. The second-order valence-electron chi connectivity index (χ2n) is 4.28. The number of aliphatic hydroxyl groups is 1. The molecule has 0 saturated carbocycles. The smallest absolute Gasteiger partial charge is 0.0984 e. The molecule has 80 valence electrons. The van der Waals surface area contributed by atoms with E-state index in [1.54, 1.807) is 0 Å². The summed E-state index contributed by atoms with van der Waals surface area (Å²) in [6.07, 6.45) is 3.67. The summed E-state index contributed by atoms with van der Waals surface area (Å²) in [4.78, 5) is 0. The molecule has 2 atom stereocenters. The Hall–Kier alpha value is -1.12. The summed E-state index contributed by atoms with van der Waals surface area (Å²) in [5.41, 5.74) is 2.13. The van der Waals surface area contributed by atoms with Gasteiger partial charge >= 0.3 is 0 Å². The van der Waals surface area contributed by atoms with Crippen molar-refractivity contribution in [2.24, 2.45) is 0 Å². The van der Waals surface area contributed by atoms with Gasteiger partial charge in [0, 0.05) is 6.04 Å². The van der Waals surface area contributed by atoms with Crippen molar-refractivity contribution in [1.82, 2.24) is 5.32 Å². The van der Waals surface area contributed by atoms with Crippen molar-refractivity contribution in [3.63, 3.8) is 0 Å². The standard InChI is InChI=1S/C13H17NO/c1-9(2)14-12-8-7-10-5-3-4-6-11(10)13(12)15/h3-9,12-15H,1-2H3/t12-,13-/m1/s1. The third kappa shape index (κ3) is 2.11. The molecular weight excluding hydrogens is 186 g/mol. The fourth-order valence-electron chi connectivity index (χ4n) is 1.97. The second kappa shape index (κ2) is 4.17. The monoisotopic (exact) mass is 203 g/mol. The third-order valence-electron chi connectivity index (χ3n) is 2.66. The molecule has 2 heteroatoms. The highest BCUT2D eigenvalue weighted by atomic mass is 16.3. The molecule has 0 aromatic heterocycles. The quantitative estimate of drug-likeness (QED) is 0.771. The average molecular weight is 203 g/mol. The lowest BCUT2D eigenvalue weighted by molar-refractivity contribution is 0.142. The van der Waals surface area contributed by atoms with Gasteiger partial charge in [0.25, 0.3) is 0 Å². The van der Waals surface area contributed by atoms with Crippen molar-refractivity contribution in [2.75, 3.05) is 0 Å². The van der Waals surface area contributed by atoms with E-state index < -0.39 is 6.10 Å². The largest absolute Gasteiger partial charge is 0.386 e. The number of nitrogens with one attached hydrogen (secondary N) is 1. The van der Waals surface area contributed by atoms with Gasteiger partial charge in [-0.25, -0.2) is 0 Å². The van der Waals surface area contributed by atoms with Crippen LogP contribution < -0.4 is 5.32 Å². The Morgan fingerprint density at radius 1 is 1.27 bits per heavy atom. The van der Waals surface area contributed by atoms with Crippen molar-refractivity contribution in [3.8, 4) is 0 Å². The van der Waals surface area contributed by atoms with E-state index in [2.05, 4.69) is 25.2 Å². The number of rotatable bonds is 2. The van der Waals surface area contributed by atoms with Gasteiger partial charge in [-0.15, -0.1) is 0 Å². The molecule has 1 aliphatic rings. The molecule has 1 aromatic carbocycles. The second-order valence-corrected chi connectivity index (χ2v) is 4.28. The van der Waals surface area contributed by atoms with Gasteiger partial charge < -0.3 is 10.4 Å². The predicted molar refractivity (Wildman–Crippen MR) is 62.5 cm³/mol. The van der Waals surface area contributed by atoms with Crippen LogP contribution in [-0.4, -0.2) is 17.2 Å². The summed E-state index contributed by atoms with van der Waals surface area (Å²) in [6.45, 7) is 4.17. The molecule has 0 saturated heterocycles. The third-order valence-corrected chi connectivity index (χ3v) is 2.66. The van der Waals surface area contributed by atoms with Crippen LogP contribution in [0.2, 0.25) is 0 Å². The number of aliphatic hydroxyl groups excluding tert-OH is 1. The van der Waals surface area contributed by atoms with Crippen LogP contribution in [0.15, 0.2) is 30.3 Å². The first-order chi connectivity index (χ1) is 7.18. The number of hydrogen-bond donors (Lipinski definition) is 2. The summed E-state index contributed by atoms with van der Waals surface area (Å²) >= 11 is 0. The molecule has 0 spiro atoms. The minimum absolute atomic E-state index is 0.0277. The molecule has 0 fully saturated rings. The maximum absolute atomic E-state index is 10.2. The highest BCUT2D eigenvalue weighted by molar-refractivity contribution is 5.58. The van der Waals surface area contributed by atoms with E-state index >= 15 is 0 Å². The highest BCUT2D eigenvalue weighted by Gasteiger charge is 2.23. The molecule has 2 N–H and O–H groups in total. The Labute approximate surface area is 90.6 Å².